The normalized spacial score (nSPS) is 11.8. The van der Waals surface area contributed by atoms with E-state index in [1.165, 1.54) is 0 Å². The second kappa shape index (κ2) is 6.80. The first-order valence-electron chi connectivity index (χ1n) is 5.48. The lowest BCUT2D eigenvalue weighted by atomic mass is 10.1. The molecule has 1 rings (SSSR count). The molecule has 0 aliphatic rings. The van der Waals surface area contributed by atoms with E-state index in [0.29, 0.717) is 0 Å². The number of rotatable bonds is 6. The summed E-state index contributed by atoms with van der Waals surface area (Å²) in [6.07, 6.45) is -1.29. The maximum atomic E-state index is 13.6. The van der Waals surface area contributed by atoms with Crippen molar-refractivity contribution in [2.75, 3.05) is 20.8 Å². The van der Waals surface area contributed by atoms with E-state index < -0.39 is 47.5 Å². The van der Waals surface area contributed by atoms with Crippen molar-refractivity contribution in [2.24, 2.45) is 0 Å². The summed E-state index contributed by atoms with van der Waals surface area (Å²) in [5.41, 5.74) is -0.632. The number of hydrogen-bond acceptors (Lipinski definition) is 4. The van der Waals surface area contributed by atoms with Crippen molar-refractivity contribution in [2.45, 2.75) is 6.10 Å². The molecule has 6 nitrogen and oxygen atoms in total. The number of methoxy groups -OCH3 is 2. The van der Waals surface area contributed by atoms with Gasteiger partial charge in [0.25, 0.3) is 5.91 Å². The molecule has 1 amide bonds. The molecule has 1 unspecified atom stereocenters. The molecule has 0 saturated carbocycles. The van der Waals surface area contributed by atoms with Gasteiger partial charge in [-0.25, -0.2) is 13.6 Å². The molecule has 8 heteroatoms. The number of nitrogens with one attached hydrogen (secondary N) is 1. The predicted molar refractivity (Wildman–Crippen MR) is 63.7 cm³/mol. The van der Waals surface area contributed by atoms with Gasteiger partial charge in [0, 0.05) is 7.11 Å². The zero-order valence-corrected chi connectivity index (χ0v) is 10.8. The maximum Gasteiger partial charge on any atom is 0.334 e. The van der Waals surface area contributed by atoms with Crippen molar-refractivity contribution in [3.8, 4) is 5.75 Å². The van der Waals surface area contributed by atoms with Gasteiger partial charge in [-0.05, 0) is 12.1 Å². The minimum Gasteiger partial charge on any atom is -0.493 e. The third-order valence-corrected chi connectivity index (χ3v) is 2.50. The van der Waals surface area contributed by atoms with Gasteiger partial charge in [-0.15, -0.1) is 0 Å². The molecule has 1 aromatic rings. The molecule has 2 N–H and O–H groups in total. The largest absolute Gasteiger partial charge is 0.493 e. The standard InChI is InChI=1S/C12H13F2NO5/c1-19-8(12(17)18)5-15-11(16)9-6(13)3-4-7(14)10(9)20-2/h3-4,8H,5H2,1-2H3,(H,15,16)(H,17,18). The Morgan fingerprint density at radius 2 is 1.90 bits per heavy atom. The number of carboxylic acid groups (broad SMARTS) is 1. The second-order valence-electron chi connectivity index (χ2n) is 3.71. The number of aliphatic carboxylic acids is 1. The number of carbonyl (C=O) groups is 2. The molecule has 0 radical (unpaired) electrons. The molecule has 0 saturated heterocycles. The van der Waals surface area contributed by atoms with E-state index in [9.17, 15) is 18.4 Å². The smallest absolute Gasteiger partial charge is 0.334 e. The van der Waals surface area contributed by atoms with Crippen LogP contribution in [0.15, 0.2) is 12.1 Å². The van der Waals surface area contributed by atoms with Crippen LogP contribution in [-0.2, 0) is 9.53 Å². The fraction of sp³-hybridized carbons (Fsp3) is 0.333. The molecule has 0 aliphatic heterocycles. The van der Waals surface area contributed by atoms with Crippen molar-refractivity contribution in [3.63, 3.8) is 0 Å². The van der Waals surface area contributed by atoms with Gasteiger partial charge in [0.2, 0.25) is 0 Å². The highest BCUT2D eigenvalue weighted by Crippen LogP contribution is 2.25. The van der Waals surface area contributed by atoms with Gasteiger partial charge in [0.05, 0.1) is 13.7 Å². The predicted octanol–water partition coefficient (Wildman–Crippen LogP) is 0.803. The molecule has 0 fully saturated rings. The van der Waals surface area contributed by atoms with Crippen molar-refractivity contribution in [1.82, 2.24) is 5.32 Å². The Bertz CT molecular complexity index is 521. The van der Waals surface area contributed by atoms with E-state index in [4.69, 9.17) is 5.11 Å². The van der Waals surface area contributed by atoms with E-state index in [-0.39, 0.29) is 0 Å². The number of hydrogen-bond donors (Lipinski definition) is 2. The van der Waals surface area contributed by atoms with Crippen molar-refractivity contribution < 1.29 is 33.0 Å². The van der Waals surface area contributed by atoms with Crippen LogP contribution in [-0.4, -0.2) is 43.9 Å². The first-order chi connectivity index (χ1) is 9.42. The van der Waals surface area contributed by atoms with Crippen LogP contribution in [0.4, 0.5) is 8.78 Å². The van der Waals surface area contributed by atoms with E-state index in [2.05, 4.69) is 14.8 Å². The summed E-state index contributed by atoms with van der Waals surface area (Å²) in [4.78, 5) is 22.5. The first kappa shape index (κ1) is 15.8. The Morgan fingerprint density at radius 1 is 1.30 bits per heavy atom. The quantitative estimate of drug-likeness (QED) is 0.809. The molecular weight excluding hydrogens is 276 g/mol. The summed E-state index contributed by atoms with van der Waals surface area (Å²) in [6.45, 7) is -0.399. The van der Waals surface area contributed by atoms with Crippen LogP contribution in [0, 0.1) is 11.6 Å². The lowest BCUT2D eigenvalue weighted by Crippen LogP contribution is -2.38. The molecular formula is C12H13F2NO5. The zero-order valence-electron chi connectivity index (χ0n) is 10.8. The highest BCUT2D eigenvalue weighted by molar-refractivity contribution is 5.97. The van der Waals surface area contributed by atoms with Crippen molar-refractivity contribution >= 4 is 11.9 Å². The van der Waals surface area contributed by atoms with E-state index in [0.717, 1.165) is 26.4 Å². The van der Waals surface area contributed by atoms with Gasteiger partial charge < -0.3 is 19.9 Å². The molecule has 0 bridgehead atoms. The molecule has 0 heterocycles. The highest BCUT2D eigenvalue weighted by atomic mass is 19.1. The van der Waals surface area contributed by atoms with Crippen LogP contribution in [0.2, 0.25) is 0 Å². The summed E-state index contributed by atoms with van der Waals surface area (Å²) < 4.78 is 36.2. The van der Waals surface area contributed by atoms with Gasteiger partial charge in [0.15, 0.2) is 17.7 Å². The Kier molecular flexibility index (Phi) is 5.39. The molecule has 0 spiro atoms. The fourth-order valence-electron chi connectivity index (χ4n) is 1.49. The van der Waals surface area contributed by atoms with Gasteiger partial charge in [0.1, 0.15) is 11.4 Å². The second-order valence-corrected chi connectivity index (χ2v) is 3.71. The summed E-state index contributed by atoms with van der Waals surface area (Å²) in [6, 6.07) is 1.60. The Morgan fingerprint density at radius 3 is 2.40 bits per heavy atom. The topological polar surface area (TPSA) is 84.9 Å². The molecule has 20 heavy (non-hydrogen) atoms. The van der Waals surface area contributed by atoms with Gasteiger partial charge in [-0.2, -0.15) is 0 Å². The third-order valence-electron chi connectivity index (χ3n) is 2.50. The van der Waals surface area contributed by atoms with E-state index in [1.807, 2.05) is 0 Å². The number of ether oxygens (including phenoxy) is 2. The number of halogens is 2. The summed E-state index contributed by atoms with van der Waals surface area (Å²) in [5.74, 6) is -4.72. The molecule has 1 aromatic carbocycles. The van der Waals surface area contributed by atoms with Crippen LogP contribution in [0.3, 0.4) is 0 Å². The van der Waals surface area contributed by atoms with Gasteiger partial charge in [-0.3, -0.25) is 4.79 Å². The third kappa shape index (κ3) is 3.41. The lowest BCUT2D eigenvalue weighted by molar-refractivity contribution is -0.148. The minimum absolute atomic E-state index is 0.399. The van der Waals surface area contributed by atoms with Crippen LogP contribution in [0.1, 0.15) is 10.4 Å². The van der Waals surface area contributed by atoms with E-state index >= 15 is 0 Å². The Balaban J connectivity index is 2.93. The fourth-order valence-corrected chi connectivity index (χ4v) is 1.49. The number of carbonyl (C=O) groups excluding carboxylic acids is 1. The summed E-state index contributed by atoms with van der Waals surface area (Å²) in [5, 5.41) is 10.9. The monoisotopic (exact) mass is 289 g/mol. The zero-order chi connectivity index (χ0) is 15.3. The maximum absolute atomic E-state index is 13.6. The molecule has 0 aliphatic carbocycles. The van der Waals surface area contributed by atoms with Crippen molar-refractivity contribution in [3.05, 3.63) is 29.3 Å². The average molecular weight is 289 g/mol. The molecule has 1 atom stereocenters. The molecule has 110 valence electrons. The van der Waals surface area contributed by atoms with Crippen molar-refractivity contribution in [1.29, 1.82) is 0 Å². The van der Waals surface area contributed by atoms with Crippen LogP contribution in [0.25, 0.3) is 0 Å². The SMILES string of the molecule is COc1c(F)ccc(F)c1C(=O)NCC(OC)C(=O)O. The van der Waals surface area contributed by atoms with Crippen LogP contribution >= 0.6 is 0 Å². The Hall–Kier alpha value is -2.22. The van der Waals surface area contributed by atoms with Gasteiger partial charge in [-0.1, -0.05) is 0 Å². The summed E-state index contributed by atoms with van der Waals surface area (Å²) in [7, 11) is 2.23. The lowest BCUT2D eigenvalue weighted by Gasteiger charge is -2.13. The number of amides is 1. The van der Waals surface area contributed by atoms with Crippen LogP contribution in [0.5, 0.6) is 5.75 Å². The number of benzene rings is 1. The highest BCUT2D eigenvalue weighted by Gasteiger charge is 2.23. The first-order valence-corrected chi connectivity index (χ1v) is 5.48. The molecule has 0 aromatic heterocycles. The minimum atomic E-state index is -1.29. The van der Waals surface area contributed by atoms with Crippen LogP contribution < -0.4 is 10.1 Å². The summed E-state index contributed by atoms with van der Waals surface area (Å²) >= 11 is 0. The number of carboxylic acids is 1. The van der Waals surface area contributed by atoms with Gasteiger partial charge >= 0.3 is 5.97 Å². The Labute approximate surface area is 113 Å². The van der Waals surface area contributed by atoms with E-state index in [1.54, 1.807) is 0 Å². The average Bonchev–Trinajstić information content (AvgIpc) is 2.40.